The van der Waals surface area contributed by atoms with Crippen molar-refractivity contribution in [2.24, 2.45) is 11.3 Å². The number of unbranched alkanes of at least 4 members (excludes halogenated alkanes) is 25. The molecule has 0 rings (SSSR count). The van der Waals surface area contributed by atoms with Crippen molar-refractivity contribution in [3.8, 4) is 0 Å². The van der Waals surface area contributed by atoms with Gasteiger partial charge in [0.15, 0.2) is 0 Å². The number of carbonyl (C=O) groups is 1. The van der Waals surface area contributed by atoms with Crippen molar-refractivity contribution in [2.75, 3.05) is 0 Å². The summed E-state index contributed by atoms with van der Waals surface area (Å²) in [6.07, 6.45) is 41.1. The van der Waals surface area contributed by atoms with Gasteiger partial charge in [0.1, 0.15) is 0 Å². The molecule has 0 bridgehead atoms. The van der Waals surface area contributed by atoms with Crippen LogP contribution in [0.15, 0.2) is 0 Å². The SMILES string of the molecule is CCCCCCCCCCCCC(C)CC(CCCCCCCCCC)(CCCCCCCCCCCC)C(=O)O. The van der Waals surface area contributed by atoms with Gasteiger partial charge >= 0.3 is 5.97 Å². The number of carboxylic acid groups (broad SMARTS) is 1. The fraction of sp³-hybridized carbons (Fsp3) is 0.974. The molecule has 2 nitrogen and oxygen atoms in total. The predicted molar refractivity (Wildman–Crippen MR) is 184 cm³/mol. The molecule has 246 valence electrons. The summed E-state index contributed by atoms with van der Waals surface area (Å²) in [5, 5.41) is 10.6. The van der Waals surface area contributed by atoms with E-state index in [0.29, 0.717) is 5.92 Å². The van der Waals surface area contributed by atoms with Crippen LogP contribution < -0.4 is 0 Å². The van der Waals surface area contributed by atoms with E-state index < -0.39 is 11.4 Å². The highest BCUT2D eigenvalue weighted by molar-refractivity contribution is 5.74. The van der Waals surface area contributed by atoms with Crippen LogP contribution in [0.1, 0.15) is 233 Å². The van der Waals surface area contributed by atoms with Gasteiger partial charge in [0.25, 0.3) is 0 Å². The molecular weight excluding hydrogens is 500 g/mol. The lowest BCUT2D eigenvalue weighted by molar-refractivity contribution is -0.151. The molecule has 0 radical (unpaired) electrons. The van der Waals surface area contributed by atoms with Crippen LogP contribution in [0.25, 0.3) is 0 Å². The van der Waals surface area contributed by atoms with Gasteiger partial charge in [-0.15, -0.1) is 0 Å². The maximum atomic E-state index is 12.8. The molecule has 2 heteroatoms. The number of hydrogen-bond donors (Lipinski definition) is 1. The van der Waals surface area contributed by atoms with Crippen molar-refractivity contribution >= 4 is 5.97 Å². The van der Waals surface area contributed by atoms with Gasteiger partial charge < -0.3 is 5.11 Å². The molecule has 0 saturated heterocycles. The second-order valence-electron chi connectivity index (χ2n) is 14.0. The van der Waals surface area contributed by atoms with Crippen LogP contribution in [0, 0.1) is 11.3 Å². The quantitative estimate of drug-likeness (QED) is 0.0771. The first kappa shape index (κ1) is 40.5. The zero-order valence-electron chi connectivity index (χ0n) is 29.1. The molecule has 0 aliphatic heterocycles. The molecule has 0 aliphatic rings. The molecule has 2 unspecified atom stereocenters. The highest BCUT2D eigenvalue weighted by Gasteiger charge is 2.38. The molecular formula is C39H78O2. The summed E-state index contributed by atoms with van der Waals surface area (Å²) >= 11 is 0. The fourth-order valence-corrected chi connectivity index (χ4v) is 6.93. The van der Waals surface area contributed by atoms with E-state index >= 15 is 0 Å². The summed E-state index contributed by atoms with van der Waals surface area (Å²) in [6.45, 7) is 9.19. The third-order valence-electron chi connectivity index (χ3n) is 9.76. The highest BCUT2D eigenvalue weighted by atomic mass is 16.4. The third kappa shape index (κ3) is 25.7. The summed E-state index contributed by atoms with van der Waals surface area (Å²) in [4.78, 5) is 12.8. The van der Waals surface area contributed by atoms with Crippen LogP contribution >= 0.6 is 0 Å². The van der Waals surface area contributed by atoms with Gasteiger partial charge in [0.05, 0.1) is 5.41 Å². The Morgan fingerprint density at radius 2 is 0.732 bits per heavy atom. The average molecular weight is 579 g/mol. The standard InChI is InChI=1S/C39H78O2/c1-5-8-11-14-17-20-22-24-27-30-33-37(4)36-39(38(40)41,34-31-28-25-19-16-13-10-7-3)35-32-29-26-23-21-18-15-12-9-6-2/h37H,5-36H2,1-4H3,(H,40,41). The molecule has 0 aromatic rings. The summed E-state index contributed by atoms with van der Waals surface area (Å²) in [6, 6.07) is 0. The van der Waals surface area contributed by atoms with E-state index in [1.165, 1.54) is 173 Å². The Bertz CT molecular complexity index is 530. The van der Waals surface area contributed by atoms with Gasteiger partial charge in [0, 0.05) is 0 Å². The number of rotatable bonds is 34. The van der Waals surface area contributed by atoms with Crippen molar-refractivity contribution in [3.63, 3.8) is 0 Å². The van der Waals surface area contributed by atoms with Crippen LogP contribution in [0.3, 0.4) is 0 Å². The summed E-state index contributed by atoms with van der Waals surface area (Å²) in [7, 11) is 0. The van der Waals surface area contributed by atoms with E-state index in [-0.39, 0.29) is 0 Å². The number of aliphatic carboxylic acids is 1. The minimum Gasteiger partial charge on any atom is -0.481 e. The second-order valence-corrected chi connectivity index (χ2v) is 14.0. The molecule has 41 heavy (non-hydrogen) atoms. The van der Waals surface area contributed by atoms with Gasteiger partial charge in [-0.05, 0) is 25.2 Å². The molecule has 0 aromatic heterocycles. The third-order valence-corrected chi connectivity index (χ3v) is 9.76. The van der Waals surface area contributed by atoms with E-state index in [1.807, 2.05) is 0 Å². The maximum absolute atomic E-state index is 12.8. The Kier molecular flexibility index (Phi) is 30.5. The molecule has 1 N–H and O–H groups in total. The minimum absolute atomic E-state index is 0.486. The fourth-order valence-electron chi connectivity index (χ4n) is 6.93. The van der Waals surface area contributed by atoms with Crippen LogP contribution in [0.4, 0.5) is 0 Å². The first-order chi connectivity index (χ1) is 20.0. The maximum Gasteiger partial charge on any atom is 0.309 e. The summed E-state index contributed by atoms with van der Waals surface area (Å²) in [5.41, 5.74) is -0.486. The summed E-state index contributed by atoms with van der Waals surface area (Å²) in [5.74, 6) is 0.0311. The number of carboxylic acids is 1. The molecule has 0 saturated carbocycles. The average Bonchev–Trinajstić information content (AvgIpc) is 2.96. The van der Waals surface area contributed by atoms with Gasteiger partial charge in [-0.25, -0.2) is 0 Å². The highest BCUT2D eigenvalue weighted by Crippen LogP contribution is 2.40. The monoisotopic (exact) mass is 579 g/mol. The first-order valence-corrected chi connectivity index (χ1v) is 19.3. The van der Waals surface area contributed by atoms with E-state index in [1.54, 1.807) is 0 Å². The summed E-state index contributed by atoms with van der Waals surface area (Å²) < 4.78 is 0. The Labute approximate surface area is 260 Å². The smallest absolute Gasteiger partial charge is 0.309 e. The van der Waals surface area contributed by atoms with Crippen molar-refractivity contribution in [1.29, 1.82) is 0 Å². The zero-order valence-corrected chi connectivity index (χ0v) is 29.1. The Hall–Kier alpha value is -0.530. The van der Waals surface area contributed by atoms with E-state index in [9.17, 15) is 9.90 Å². The topological polar surface area (TPSA) is 37.3 Å². The molecule has 0 spiro atoms. The molecule has 0 heterocycles. The first-order valence-electron chi connectivity index (χ1n) is 19.3. The molecule has 0 aliphatic carbocycles. The largest absolute Gasteiger partial charge is 0.481 e. The second kappa shape index (κ2) is 30.9. The van der Waals surface area contributed by atoms with E-state index in [4.69, 9.17) is 0 Å². The lowest BCUT2D eigenvalue weighted by atomic mass is 9.71. The van der Waals surface area contributed by atoms with Gasteiger partial charge in [-0.1, -0.05) is 214 Å². The van der Waals surface area contributed by atoms with Crippen LogP contribution in [-0.2, 0) is 4.79 Å². The van der Waals surface area contributed by atoms with Crippen LogP contribution in [0.2, 0.25) is 0 Å². The molecule has 0 amide bonds. The van der Waals surface area contributed by atoms with Crippen molar-refractivity contribution < 1.29 is 9.90 Å². The van der Waals surface area contributed by atoms with Crippen LogP contribution in [0.5, 0.6) is 0 Å². The van der Waals surface area contributed by atoms with Crippen molar-refractivity contribution in [2.45, 2.75) is 233 Å². The van der Waals surface area contributed by atoms with Crippen LogP contribution in [-0.4, -0.2) is 11.1 Å². The van der Waals surface area contributed by atoms with Crippen molar-refractivity contribution in [3.05, 3.63) is 0 Å². The predicted octanol–water partition coefficient (Wildman–Crippen LogP) is 14.2. The van der Waals surface area contributed by atoms with Gasteiger partial charge in [-0.2, -0.15) is 0 Å². The van der Waals surface area contributed by atoms with E-state index in [0.717, 1.165) is 32.1 Å². The minimum atomic E-state index is -0.494. The zero-order chi connectivity index (χ0) is 30.3. The normalized spacial score (nSPS) is 13.9. The van der Waals surface area contributed by atoms with Crippen molar-refractivity contribution in [1.82, 2.24) is 0 Å². The van der Waals surface area contributed by atoms with E-state index in [2.05, 4.69) is 27.7 Å². The Morgan fingerprint density at radius 3 is 1.02 bits per heavy atom. The Morgan fingerprint density at radius 1 is 0.463 bits per heavy atom. The lowest BCUT2D eigenvalue weighted by Crippen LogP contribution is -2.33. The number of hydrogen-bond acceptors (Lipinski definition) is 1. The lowest BCUT2D eigenvalue weighted by Gasteiger charge is -2.32. The Balaban J connectivity index is 4.53. The molecule has 2 atom stereocenters. The van der Waals surface area contributed by atoms with Gasteiger partial charge in [0.2, 0.25) is 0 Å². The molecule has 0 aromatic carbocycles. The molecule has 0 fully saturated rings. The van der Waals surface area contributed by atoms with Gasteiger partial charge in [-0.3, -0.25) is 4.79 Å².